The molecule has 3 nitrogen and oxygen atoms in total. The van der Waals surface area contributed by atoms with Crippen LogP contribution in [0.1, 0.15) is 0 Å². The lowest BCUT2D eigenvalue weighted by atomic mass is 10.2. The van der Waals surface area contributed by atoms with Crippen LogP contribution < -0.4 is 10.5 Å². The van der Waals surface area contributed by atoms with Crippen molar-refractivity contribution in [2.24, 2.45) is 0 Å². The molecule has 0 saturated carbocycles. The average Bonchev–Trinajstić information content (AvgIpc) is 2.54. The second-order valence-corrected chi connectivity index (χ2v) is 3.60. The highest BCUT2D eigenvalue weighted by molar-refractivity contribution is 7.17. The SMILES string of the molecule is COc1c(O)c(N)cc2ccsc12. The molecule has 0 aliphatic carbocycles. The molecule has 0 radical (unpaired) electrons. The van der Waals surface area contributed by atoms with Crippen molar-refractivity contribution < 1.29 is 9.84 Å². The molecule has 0 atom stereocenters. The molecule has 1 aromatic carbocycles. The summed E-state index contributed by atoms with van der Waals surface area (Å²) in [4.78, 5) is 0. The number of benzene rings is 1. The summed E-state index contributed by atoms with van der Waals surface area (Å²) < 4.78 is 6.00. The Hall–Kier alpha value is -1.42. The highest BCUT2D eigenvalue weighted by atomic mass is 32.1. The minimum Gasteiger partial charge on any atom is -0.503 e. The van der Waals surface area contributed by atoms with E-state index >= 15 is 0 Å². The van der Waals surface area contributed by atoms with Crippen LogP contribution in [0.2, 0.25) is 0 Å². The van der Waals surface area contributed by atoms with Gasteiger partial charge in [0.05, 0.1) is 17.5 Å². The number of anilines is 1. The van der Waals surface area contributed by atoms with Crippen LogP contribution in [0.5, 0.6) is 11.5 Å². The van der Waals surface area contributed by atoms with E-state index in [4.69, 9.17) is 10.5 Å². The molecule has 1 heterocycles. The second-order valence-electron chi connectivity index (χ2n) is 2.69. The molecule has 0 saturated heterocycles. The molecule has 2 rings (SSSR count). The monoisotopic (exact) mass is 195 g/mol. The molecule has 0 spiro atoms. The largest absolute Gasteiger partial charge is 0.503 e. The van der Waals surface area contributed by atoms with Gasteiger partial charge in [-0.1, -0.05) is 0 Å². The summed E-state index contributed by atoms with van der Waals surface area (Å²) in [5.74, 6) is 0.488. The third kappa shape index (κ3) is 1.10. The van der Waals surface area contributed by atoms with Gasteiger partial charge in [-0.05, 0) is 22.9 Å². The number of thiophene rings is 1. The number of methoxy groups -OCH3 is 1. The Labute approximate surface area is 79.4 Å². The lowest BCUT2D eigenvalue weighted by molar-refractivity contribution is 0.380. The van der Waals surface area contributed by atoms with E-state index in [1.165, 1.54) is 18.4 Å². The number of aromatic hydroxyl groups is 1. The maximum absolute atomic E-state index is 9.57. The first-order chi connectivity index (χ1) is 6.24. The van der Waals surface area contributed by atoms with Crippen molar-refractivity contribution in [1.82, 2.24) is 0 Å². The molecule has 0 bridgehead atoms. The fourth-order valence-corrected chi connectivity index (χ4v) is 2.18. The van der Waals surface area contributed by atoms with Gasteiger partial charge in [0.2, 0.25) is 0 Å². The maximum Gasteiger partial charge on any atom is 0.182 e. The Morgan fingerprint density at radius 2 is 2.31 bits per heavy atom. The second kappa shape index (κ2) is 2.81. The van der Waals surface area contributed by atoms with Crippen molar-refractivity contribution in [3.8, 4) is 11.5 Å². The molecule has 4 heteroatoms. The van der Waals surface area contributed by atoms with E-state index in [-0.39, 0.29) is 5.75 Å². The Balaban J connectivity index is 2.87. The first-order valence-electron chi connectivity index (χ1n) is 3.76. The van der Waals surface area contributed by atoms with Crippen LogP contribution in [-0.4, -0.2) is 12.2 Å². The van der Waals surface area contributed by atoms with Gasteiger partial charge in [-0.15, -0.1) is 11.3 Å². The molecular formula is C9H9NO2S. The predicted molar refractivity (Wildman–Crippen MR) is 54.5 cm³/mol. The Kier molecular flexibility index (Phi) is 1.77. The fourth-order valence-electron chi connectivity index (χ4n) is 1.28. The van der Waals surface area contributed by atoms with E-state index in [0.717, 1.165) is 10.1 Å². The van der Waals surface area contributed by atoms with Crippen molar-refractivity contribution in [3.63, 3.8) is 0 Å². The van der Waals surface area contributed by atoms with Gasteiger partial charge in [-0.2, -0.15) is 0 Å². The summed E-state index contributed by atoms with van der Waals surface area (Å²) in [6.07, 6.45) is 0. The number of hydrogen-bond donors (Lipinski definition) is 2. The van der Waals surface area contributed by atoms with Crippen LogP contribution in [0, 0.1) is 0 Å². The fraction of sp³-hybridized carbons (Fsp3) is 0.111. The van der Waals surface area contributed by atoms with Crippen molar-refractivity contribution in [2.75, 3.05) is 12.8 Å². The highest BCUT2D eigenvalue weighted by Gasteiger charge is 2.11. The van der Waals surface area contributed by atoms with Gasteiger partial charge < -0.3 is 15.6 Å². The lowest BCUT2D eigenvalue weighted by Gasteiger charge is -2.06. The van der Waals surface area contributed by atoms with Gasteiger partial charge in [-0.3, -0.25) is 0 Å². The molecule has 13 heavy (non-hydrogen) atoms. The average molecular weight is 195 g/mol. The van der Waals surface area contributed by atoms with Crippen molar-refractivity contribution in [1.29, 1.82) is 0 Å². The summed E-state index contributed by atoms with van der Waals surface area (Å²) in [6.45, 7) is 0. The molecule has 0 aliphatic rings. The molecule has 0 amide bonds. The molecule has 0 aliphatic heterocycles. The topological polar surface area (TPSA) is 55.5 Å². The van der Waals surface area contributed by atoms with E-state index in [0.29, 0.717) is 11.4 Å². The Bertz CT molecular complexity index is 450. The molecule has 1 aromatic heterocycles. The number of rotatable bonds is 1. The Morgan fingerprint density at radius 1 is 1.54 bits per heavy atom. The normalized spacial score (nSPS) is 10.5. The van der Waals surface area contributed by atoms with Gasteiger partial charge >= 0.3 is 0 Å². The van der Waals surface area contributed by atoms with E-state index in [1.54, 1.807) is 6.07 Å². The summed E-state index contributed by atoms with van der Waals surface area (Å²) in [7, 11) is 1.52. The van der Waals surface area contributed by atoms with Gasteiger partial charge in [0.25, 0.3) is 0 Å². The molecule has 68 valence electrons. The van der Waals surface area contributed by atoms with E-state index < -0.39 is 0 Å². The molecule has 0 fully saturated rings. The lowest BCUT2D eigenvalue weighted by Crippen LogP contribution is -1.89. The van der Waals surface area contributed by atoms with Gasteiger partial charge in [-0.25, -0.2) is 0 Å². The van der Waals surface area contributed by atoms with Crippen LogP contribution in [0.3, 0.4) is 0 Å². The van der Waals surface area contributed by atoms with Crippen LogP contribution >= 0.6 is 11.3 Å². The van der Waals surface area contributed by atoms with Crippen LogP contribution in [0.25, 0.3) is 10.1 Å². The Morgan fingerprint density at radius 3 is 3.00 bits per heavy atom. The van der Waals surface area contributed by atoms with Crippen LogP contribution in [0.15, 0.2) is 17.5 Å². The number of hydrogen-bond acceptors (Lipinski definition) is 4. The van der Waals surface area contributed by atoms with Crippen LogP contribution in [-0.2, 0) is 0 Å². The van der Waals surface area contributed by atoms with Gasteiger partial charge in [0.1, 0.15) is 0 Å². The first-order valence-corrected chi connectivity index (χ1v) is 4.64. The zero-order valence-electron chi connectivity index (χ0n) is 7.07. The highest BCUT2D eigenvalue weighted by Crippen LogP contribution is 2.41. The third-order valence-corrected chi connectivity index (χ3v) is 2.83. The minimum atomic E-state index is 0.0254. The standard InChI is InChI=1S/C9H9NO2S/c1-12-8-7(11)6(10)4-5-2-3-13-9(5)8/h2-4,11H,10H2,1H3. The molecule has 0 unspecified atom stereocenters. The third-order valence-electron chi connectivity index (χ3n) is 1.91. The molecular weight excluding hydrogens is 186 g/mol. The number of nitrogens with two attached hydrogens (primary N) is 1. The first kappa shape index (κ1) is 8.19. The smallest absolute Gasteiger partial charge is 0.182 e. The zero-order valence-corrected chi connectivity index (χ0v) is 7.89. The van der Waals surface area contributed by atoms with Crippen molar-refractivity contribution in [3.05, 3.63) is 17.5 Å². The summed E-state index contributed by atoms with van der Waals surface area (Å²) in [5.41, 5.74) is 5.95. The molecule has 2 aromatic rings. The van der Waals surface area contributed by atoms with E-state index in [2.05, 4.69) is 0 Å². The number of ether oxygens (including phenoxy) is 1. The van der Waals surface area contributed by atoms with Gasteiger partial charge in [0, 0.05) is 0 Å². The minimum absolute atomic E-state index is 0.0254. The summed E-state index contributed by atoms with van der Waals surface area (Å²) >= 11 is 1.52. The molecule has 3 N–H and O–H groups in total. The van der Waals surface area contributed by atoms with E-state index in [1.807, 2.05) is 11.4 Å². The van der Waals surface area contributed by atoms with E-state index in [9.17, 15) is 5.11 Å². The quantitative estimate of drug-likeness (QED) is 0.541. The number of fused-ring (bicyclic) bond motifs is 1. The zero-order chi connectivity index (χ0) is 9.42. The summed E-state index contributed by atoms with van der Waals surface area (Å²) in [5, 5.41) is 12.5. The van der Waals surface area contributed by atoms with Crippen molar-refractivity contribution in [2.45, 2.75) is 0 Å². The predicted octanol–water partition coefficient (Wildman–Crippen LogP) is 2.20. The maximum atomic E-state index is 9.57. The number of phenolic OH excluding ortho intramolecular Hbond substituents is 1. The number of phenols is 1. The van der Waals surface area contributed by atoms with Crippen molar-refractivity contribution >= 4 is 27.1 Å². The number of nitrogen functional groups attached to an aromatic ring is 1. The van der Waals surface area contributed by atoms with Crippen LogP contribution in [0.4, 0.5) is 5.69 Å². The van der Waals surface area contributed by atoms with Gasteiger partial charge in [0.15, 0.2) is 11.5 Å². The summed E-state index contributed by atoms with van der Waals surface area (Å²) in [6, 6.07) is 3.68.